The first-order valence-electron chi connectivity index (χ1n) is 13.3. The molecule has 0 N–H and O–H groups in total. The van der Waals surface area contributed by atoms with Crippen molar-refractivity contribution in [1.82, 2.24) is 0 Å². The predicted molar refractivity (Wildman–Crippen MR) is 162 cm³/mol. The largest absolute Gasteiger partial charge is 0.490 e. The number of ether oxygens (including phenoxy) is 4. The zero-order valence-electron chi connectivity index (χ0n) is 21.7. The van der Waals surface area contributed by atoms with Gasteiger partial charge in [-0.1, -0.05) is 84.9 Å². The Morgan fingerprint density at radius 3 is 1.90 bits per heavy atom. The van der Waals surface area contributed by atoms with E-state index in [-0.39, 0.29) is 12.9 Å². The van der Waals surface area contributed by atoms with Gasteiger partial charge in [-0.25, -0.2) is 0 Å². The van der Waals surface area contributed by atoms with Crippen LogP contribution in [0.15, 0.2) is 103 Å². The van der Waals surface area contributed by atoms with Crippen LogP contribution in [0.4, 0.5) is 0 Å². The molecule has 1 aliphatic rings. The van der Waals surface area contributed by atoms with Crippen molar-refractivity contribution in [3.05, 3.63) is 114 Å². The summed E-state index contributed by atoms with van der Waals surface area (Å²) in [5, 5.41) is 4.58. The van der Waals surface area contributed by atoms with Gasteiger partial charge in [0.2, 0.25) is 0 Å². The molecule has 1 unspecified atom stereocenters. The lowest BCUT2D eigenvalue weighted by atomic mass is 9.92. The van der Waals surface area contributed by atoms with E-state index in [9.17, 15) is 0 Å². The third kappa shape index (κ3) is 5.63. The molecule has 0 radical (unpaired) electrons. The van der Waals surface area contributed by atoms with E-state index in [0.29, 0.717) is 13.2 Å². The maximum atomic E-state index is 6.41. The summed E-state index contributed by atoms with van der Waals surface area (Å²) in [6, 6.07) is 33.6. The van der Waals surface area contributed by atoms with Crippen molar-refractivity contribution < 1.29 is 18.9 Å². The van der Waals surface area contributed by atoms with Crippen molar-refractivity contribution in [2.75, 3.05) is 26.2 Å². The number of rotatable bonds is 7. The third-order valence-electron chi connectivity index (χ3n) is 7.02. The molecule has 5 heteroatoms. The molecule has 5 aromatic carbocycles. The van der Waals surface area contributed by atoms with Crippen molar-refractivity contribution in [3.63, 3.8) is 0 Å². The van der Waals surface area contributed by atoms with Gasteiger partial charge < -0.3 is 18.9 Å². The molecular formula is C34H31O4P. The summed E-state index contributed by atoms with van der Waals surface area (Å²) in [7, 11) is 2.76. The first kappa shape index (κ1) is 25.4. The van der Waals surface area contributed by atoms with Gasteiger partial charge in [0.05, 0.1) is 6.26 Å². The molecule has 0 amide bonds. The van der Waals surface area contributed by atoms with Gasteiger partial charge in [0, 0.05) is 11.1 Å². The zero-order chi connectivity index (χ0) is 26.4. The van der Waals surface area contributed by atoms with Crippen molar-refractivity contribution in [1.29, 1.82) is 0 Å². The van der Waals surface area contributed by atoms with E-state index < -0.39 is 0 Å². The monoisotopic (exact) mass is 534 g/mol. The van der Waals surface area contributed by atoms with Crippen LogP contribution in [-0.4, -0.2) is 32.3 Å². The third-order valence-corrected chi connectivity index (χ3v) is 7.31. The van der Waals surface area contributed by atoms with Gasteiger partial charge in [0.15, 0.2) is 6.79 Å². The fraction of sp³-hybridized carbons (Fsp3) is 0.176. The normalized spacial score (nSPS) is 13.7. The summed E-state index contributed by atoms with van der Waals surface area (Å²) in [5.41, 5.74) is 4.51. The number of fused-ring (bicyclic) bond motifs is 7. The van der Waals surface area contributed by atoms with E-state index in [4.69, 9.17) is 18.9 Å². The summed E-state index contributed by atoms with van der Waals surface area (Å²) in [5.74, 6) is 1.63. The summed E-state index contributed by atoms with van der Waals surface area (Å²) >= 11 is 0. The second kappa shape index (κ2) is 11.9. The molecule has 196 valence electrons. The van der Waals surface area contributed by atoms with E-state index in [1.165, 1.54) is 5.56 Å². The Bertz CT molecular complexity index is 1520. The van der Waals surface area contributed by atoms with Gasteiger partial charge in [-0.15, -0.1) is 9.24 Å². The minimum Gasteiger partial charge on any atom is -0.490 e. The molecule has 5 aromatic rings. The summed E-state index contributed by atoms with van der Waals surface area (Å²) < 4.78 is 24.5. The molecule has 0 aliphatic carbocycles. The highest BCUT2D eigenvalue weighted by molar-refractivity contribution is 7.16. The highest BCUT2D eigenvalue weighted by atomic mass is 31.0. The summed E-state index contributed by atoms with van der Waals surface area (Å²) in [4.78, 5) is 0. The van der Waals surface area contributed by atoms with Gasteiger partial charge in [0.25, 0.3) is 0 Å². The molecule has 0 aromatic heterocycles. The molecule has 1 atom stereocenters. The van der Waals surface area contributed by atoms with Crippen LogP contribution in [0.3, 0.4) is 0 Å². The highest BCUT2D eigenvalue weighted by Crippen LogP contribution is 2.46. The SMILES string of the molecule is PCCc1ccc(/C=C/OCOC2COc3ccc4ccccc4c3-c3c(ccc4ccccc34)OC2)cc1. The molecule has 0 saturated heterocycles. The van der Waals surface area contributed by atoms with E-state index in [1.807, 2.05) is 6.08 Å². The van der Waals surface area contributed by atoms with E-state index in [1.54, 1.807) is 6.26 Å². The smallest absolute Gasteiger partial charge is 0.188 e. The molecule has 39 heavy (non-hydrogen) atoms. The van der Waals surface area contributed by atoms with E-state index >= 15 is 0 Å². The first-order chi connectivity index (χ1) is 19.3. The van der Waals surface area contributed by atoms with Crippen LogP contribution in [-0.2, 0) is 15.9 Å². The average Bonchev–Trinajstić information content (AvgIpc) is 3.06. The molecule has 0 fully saturated rings. The quantitative estimate of drug-likeness (QED) is 0.0921. The Hall–Kier alpha value is -3.85. The lowest BCUT2D eigenvalue weighted by Gasteiger charge is -2.18. The maximum Gasteiger partial charge on any atom is 0.188 e. The number of hydrogen-bond donors (Lipinski definition) is 0. The van der Waals surface area contributed by atoms with Gasteiger partial charge in [0.1, 0.15) is 30.8 Å². The lowest BCUT2D eigenvalue weighted by Crippen LogP contribution is -2.29. The van der Waals surface area contributed by atoms with Crippen molar-refractivity contribution in [2.24, 2.45) is 0 Å². The Morgan fingerprint density at radius 1 is 0.718 bits per heavy atom. The van der Waals surface area contributed by atoms with Crippen molar-refractivity contribution in [3.8, 4) is 22.6 Å². The van der Waals surface area contributed by atoms with Crippen LogP contribution in [0.25, 0.3) is 38.7 Å². The second-order valence-electron chi connectivity index (χ2n) is 9.60. The molecule has 4 nitrogen and oxygen atoms in total. The Morgan fingerprint density at radius 2 is 1.31 bits per heavy atom. The van der Waals surface area contributed by atoms with Crippen LogP contribution in [0, 0.1) is 0 Å². The lowest BCUT2D eigenvalue weighted by molar-refractivity contribution is -0.0832. The minimum atomic E-state index is -0.304. The fourth-order valence-corrected chi connectivity index (χ4v) is 5.37. The van der Waals surface area contributed by atoms with Gasteiger partial charge in [-0.05, 0) is 63.5 Å². The predicted octanol–water partition coefficient (Wildman–Crippen LogP) is 7.88. The Kier molecular flexibility index (Phi) is 7.76. The Balaban J connectivity index is 1.23. The van der Waals surface area contributed by atoms with Gasteiger partial charge >= 0.3 is 0 Å². The fourth-order valence-electron chi connectivity index (χ4n) is 5.03. The van der Waals surface area contributed by atoms with E-state index in [2.05, 4.69) is 106 Å². The van der Waals surface area contributed by atoms with Crippen LogP contribution in [0.2, 0.25) is 0 Å². The summed E-state index contributed by atoms with van der Waals surface area (Å²) in [6.07, 6.45) is 5.43. The van der Waals surface area contributed by atoms with Crippen molar-refractivity contribution in [2.45, 2.75) is 12.5 Å². The summed E-state index contributed by atoms with van der Waals surface area (Å²) in [6.45, 7) is 0.803. The topological polar surface area (TPSA) is 36.9 Å². The van der Waals surface area contributed by atoms with Crippen LogP contribution in [0.5, 0.6) is 11.5 Å². The standard InChI is InChI=1S/C34H31O4P/c39-20-18-25-11-9-24(10-12-25)17-19-35-23-38-28-21-36-31-15-13-26-5-1-3-7-29(26)33(31)34-30-8-4-2-6-27(30)14-16-32(34)37-22-28/h1-17,19,28H,18,20-23,39H2/b19-17+. The van der Waals surface area contributed by atoms with Crippen LogP contribution < -0.4 is 9.47 Å². The zero-order valence-corrected chi connectivity index (χ0v) is 22.9. The molecule has 0 bridgehead atoms. The number of benzene rings is 5. The molecule has 1 heterocycles. The second-order valence-corrected chi connectivity index (χ2v) is 10.2. The van der Waals surface area contributed by atoms with E-state index in [0.717, 1.165) is 62.3 Å². The van der Waals surface area contributed by atoms with Crippen LogP contribution in [0.1, 0.15) is 11.1 Å². The molecule has 0 spiro atoms. The molecule has 6 rings (SSSR count). The minimum absolute atomic E-state index is 0.105. The van der Waals surface area contributed by atoms with Crippen LogP contribution >= 0.6 is 9.24 Å². The molecule has 1 aliphatic heterocycles. The first-order valence-corrected chi connectivity index (χ1v) is 14.1. The molecule has 0 saturated carbocycles. The highest BCUT2D eigenvalue weighted by Gasteiger charge is 2.23. The van der Waals surface area contributed by atoms with Gasteiger partial charge in [-0.2, -0.15) is 0 Å². The van der Waals surface area contributed by atoms with Crippen molar-refractivity contribution >= 4 is 36.9 Å². The number of aryl methyl sites for hydroxylation is 1. The average molecular weight is 535 g/mol. The van der Waals surface area contributed by atoms with Gasteiger partial charge in [-0.3, -0.25) is 0 Å². The molecular weight excluding hydrogens is 503 g/mol. The number of hydrogen-bond acceptors (Lipinski definition) is 4. The Labute approximate surface area is 231 Å². The maximum absolute atomic E-state index is 6.41.